The van der Waals surface area contributed by atoms with Crippen LogP contribution in [0.2, 0.25) is 0 Å². The van der Waals surface area contributed by atoms with Gasteiger partial charge in [0.05, 0.1) is 18.2 Å². The highest BCUT2D eigenvalue weighted by molar-refractivity contribution is 5.97. The van der Waals surface area contributed by atoms with E-state index in [0.29, 0.717) is 23.6 Å². The van der Waals surface area contributed by atoms with Gasteiger partial charge in [-0.3, -0.25) is 9.69 Å². The number of amides is 1. The number of nitriles is 1. The molecule has 6 nitrogen and oxygen atoms in total. The van der Waals surface area contributed by atoms with Gasteiger partial charge in [-0.2, -0.15) is 5.26 Å². The van der Waals surface area contributed by atoms with Crippen LogP contribution in [0.1, 0.15) is 23.7 Å². The van der Waals surface area contributed by atoms with Crippen molar-refractivity contribution in [1.29, 1.82) is 5.26 Å². The van der Waals surface area contributed by atoms with Crippen LogP contribution in [0.15, 0.2) is 54.6 Å². The van der Waals surface area contributed by atoms with Gasteiger partial charge >= 0.3 is 5.97 Å². The summed E-state index contributed by atoms with van der Waals surface area (Å²) in [5.41, 5.74) is 0.903. The summed E-state index contributed by atoms with van der Waals surface area (Å²) in [6.07, 6.45) is 0.895. The van der Waals surface area contributed by atoms with Crippen molar-refractivity contribution in [3.05, 3.63) is 60.2 Å². The average Bonchev–Trinajstić information content (AvgIpc) is 2.69. The number of anilines is 1. The standard InChI is InChI=1S/C20H20N2O4/c1-2-14-25-18-10-8-16(9-11-18)20(24)26-15-19(23)22(13-12-21)17-6-4-3-5-7-17/h3-11H,2,13-15H2,1H3. The summed E-state index contributed by atoms with van der Waals surface area (Å²) in [6.45, 7) is 2.05. The van der Waals surface area contributed by atoms with E-state index in [9.17, 15) is 9.59 Å². The molecule has 0 aromatic heterocycles. The van der Waals surface area contributed by atoms with Crippen LogP contribution in [-0.2, 0) is 9.53 Å². The summed E-state index contributed by atoms with van der Waals surface area (Å²) in [5.74, 6) is -0.400. The first kappa shape index (κ1) is 19.0. The number of esters is 1. The topological polar surface area (TPSA) is 79.6 Å². The maximum Gasteiger partial charge on any atom is 0.338 e. The molecule has 0 radical (unpaired) electrons. The van der Waals surface area contributed by atoms with E-state index in [1.54, 1.807) is 48.5 Å². The SMILES string of the molecule is CCCOc1ccc(C(=O)OCC(=O)N(CC#N)c2ccccc2)cc1. The minimum Gasteiger partial charge on any atom is -0.494 e. The maximum atomic E-state index is 12.3. The summed E-state index contributed by atoms with van der Waals surface area (Å²) in [7, 11) is 0. The molecule has 134 valence electrons. The van der Waals surface area contributed by atoms with E-state index in [1.807, 2.05) is 19.1 Å². The Kier molecular flexibility index (Phi) is 7.19. The van der Waals surface area contributed by atoms with Gasteiger partial charge in [0.15, 0.2) is 6.61 Å². The van der Waals surface area contributed by atoms with Crippen LogP contribution in [0.5, 0.6) is 5.75 Å². The number of ether oxygens (including phenoxy) is 2. The fraction of sp³-hybridized carbons (Fsp3) is 0.250. The molecular weight excluding hydrogens is 332 g/mol. The Bertz CT molecular complexity index is 767. The molecule has 0 fully saturated rings. The van der Waals surface area contributed by atoms with Crippen molar-refractivity contribution in [2.24, 2.45) is 0 Å². The molecule has 0 unspecified atom stereocenters. The second-order valence-electron chi connectivity index (χ2n) is 5.42. The van der Waals surface area contributed by atoms with Crippen LogP contribution in [0.4, 0.5) is 5.69 Å². The molecule has 2 aromatic rings. The number of carbonyl (C=O) groups is 2. The van der Waals surface area contributed by atoms with Gasteiger partial charge < -0.3 is 9.47 Å². The van der Waals surface area contributed by atoms with E-state index in [4.69, 9.17) is 14.7 Å². The third-order valence-electron chi connectivity index (χ3n) is 3.49. The van der Waals surface area contributed by atoms with Crippen LogP contribution in [0.3, 0.4) is 0 Å². The summed E-state index contributed by atoms with van der Waals surface area (Å²) >= 11 is 0. The minimum atomic E-state index is -0.606. The molecule has 0 atom stereocenters. The molecule has 0 bridgehead atoms. The van der Waals surface area contributed by atoms with Crippen molar-refractivity contribution in [1.82, 2.24) is 0 Å². The highest BCUT2D eigenvalue weighted by Gasteiger charge is 2.18. The van der Waals surface area contributed by atoms with Gasteiger partial charge in [-0.25, -0.2) is 4.79 Å². The highest BCUT2D eigenvalue weighted by atomic mass is 16.5. The maximum absolute atomic E-state index is 12.3. The molecular formula is C20H20N2O4. The van der Waals surface area contributed by atoms with Gasteiger partial charge in [-0.15, -0.1) is 0 Å². The van der Waals surface area contributed by atoms with Crippen LogP contribution >= 0.6 is 0 Å². The van der Waals surface area contributed by atoms with Crippen molar-refractivity contribution in [3.8, 4) is 11.8 Å². The van der Waals surface area contributed by atoms with Crippen molar-refractivity contribution >= 4 is 17.6 Å². The Hall–Kier alpha value is -3.33. The number of hydrogen-bond donors (Lipinski definition) is 0. The van der Waals surface area contributed by atoms with Crippen molar-refractivity contribution in [3.63, 3.8) is 0 Å². The number of carbonyl (C=O) groups excluding carboxylic acids is 2. The number of nitrogens with zero attached hydrogens (tertiary/aromatic N) is 2. The van der Waals surface area contributed by atoms with Crippen molar-refractivity contribution in [2.75, 3.05) is 24.7 Å². The lowest BCUT2D eigenvalue weighted by atomic mass is 10.2. The number of rotatable bonds is 8. The first-order chi connectivity index (χ1) is 12.7. The van der Waals surface area contributed by atoms with Crippen LogP contribution in [-0.4, -0.2) is 31.6 Å². The Morgan fingerprint density at radius 2 is 1.77 bits per heavy atom. The molecule has 0 saturated carbocycles. The zero-order valence-electron chi connectivity index (χ0n) is 14.6. The molecule has 0 heterocycles. The second kappa shape index (κ2) is 9.84. The molecule has 2 aromatic carbocycles. The fourth-order valence-corrected chi connectivity index (χ4v) is 2.20. The van der Waals surface area contributed by atoms with Crippen molar-refractivity contribution in [2.45, 2.75) is 13.3 Å². The molecule has 0 spiro atoms. The number of para-hydroxylation sites is 1. The molecule has 6 heteroatoms. The smallest absolute Gasteiger partial charge is 0.338 e. The Morgan fingerprint density at radius 1 is 1.08 bits per heavy atom. The predicted octanol–water partition coefficient (Wildman–Crippen LogP) is 3.19. The van der Waals surface area contributed by atoms with Crippen LogP contribution in [0, 0.1) is 11.3 Å². The third kappa shape index (κ3) is 5.35. The van der Waals surface area contributed by atoms with E-state index < -0.39 is 18.5 Å². The predicted molar refractivity (Wildman–Crippen MR) is 96.9 cm³/mol. The van der Waals surface area contributed by atoms with Gasteiger partial charge in [0.1, 0.15) is 12.3 Å². The zero-order valence-corrected chi connectivity index (χ0v) is 14.6. The summed E-state index contributed by atoms with van der Waals surface area (Å²) in [4.78, 5) is 25.7. The first-order valence-corrected chi connectivity index (χ1v) is 8.28. The quantitative estimate of drug-likeness (QED) is 0.538. The monoisotopic (exact) mass is 352 g/mol. The summed E-state index contributed by atoms with van der Waals surface area (Å²) < 4.78 is 10.5. The van der Waals surface area contributed by atoms with Gasteiger partial charge in [0, 0.05) is 5.69 Å². The Morgan fingerprint density at radius 3 is 2.38 bits per heavy atom. The number of benzene rings is 2. The zero-order chi connectivity index (χ0) is 18.8. The molecule has 0 aliphatic carbocycles. The summed E-state index contributed by atoms with van der Waals surface area (Å²) in [5, 5.41) is 8.93. The molecule has 0 aliphatic heterocycles. The van der Waals surface area contributed by atoms with Gasteiger partial charge in [-0.05, 0) is 42.8 Å². The van der Waals surface area contributed by atoms with Crippen LogP contribution < -0.4 is 9.64 Å². The Balaban J connectivity index is 1.94. The molecule has 0 aliphatic rings. The van der Waals surface area contributed by atoms with Crippen molar-refractivity contribution < 1.29 is 19.1 Å². The average molecular weight is 352 g/mol. The number of hydrogen-bond acceptors (Lipinski definition) is 5. The van der Waals surface area contributed by atoms with E-state index >= 15 is 0 Å². The molecule has 0 saturated heterocycles. The lowest BCUT2D eigenvalue weighted by Gasteiger charge is -2.19. The van der Waals surface area contributed by atoms with E-state index in [1.165, 1.54) is 4.90 Å². The second-order valence-corrected chi connectivity index (χ2v) is 5.42. The summed E-state index contributed by atoms with van der Waals surface area (Å²) in [6, 6.07) is 17.2. The van der Waals surface area contributed by atoms with Gasteiger partial charge in [-0.1, -0.05) is 25.1 Å². The molecule has 1 amide bonds. The third-order valence-corrected chi connectivity index (χ3v) is 3.49. The molecule has 26 heavy (non-hydrogen) atoms. The fourth-order valence-electron chi connectivity index (χ4n) is 2.20. The normalized spacial score (nSPS) is 9.85. The van der Waals surface area contributed by atoms with E-state index in [-0.39, 0.29) is 6.54 Å². The van der Waals surface area contributed by atoms with E-state index in [0.717, 1.165) is 6.42 Å². The lowest BCUT2D eigenvalue weighted by Crippen LogP contribution is -2.35. The van der Waals surface area contributed by atoms with Gasteiger partial charge in [0.25, 0.3) is 5.91 Å². The van der Waals surface area contributed by atoms with Gasteiger partial charge in [0.2, 0.25) is 0 Å². The van der Waals surface area contributed by atoms with Crippen LogP contribution in [0.25, 0.3) is 0 Å². The largest absolute Gasteiger partial charge is 0.494 e. The molecule has 2 rings (SSSR count). The minimum absolute atomic E-state index is 0.121. The first-order valence-electron chi connectivity index (χ1n) is 8.28. The lowest BCUT2D eigenvalue weighted by molar-refractivity contribution is -0.121. The Labute approximate surface area is 152 Å². The molecule has 0 N–H and O–H groups in total. The van der Waals surface area contributed by atoms with E-state index in [2.05, 4.69) is 0 Å². The highest BCUT2D eigenvalue weighted by Crippen LogP contribution is 2.15.